The molecular formula is C67H110O6. The zero-order valence-electron chi connectivity index (χ0n) is 47.4. The summed E-state index contributed by atoms with van der Waals surface area (Å²) in [6.07, 6.45) is 83.3. The maximum atomic E-state index is 12.9. The molecular weight excluding hydrogens is 901 g/mol. The molecule has 0 N–H and O–H groups in total. The second kappa shape index (κ2) is 60.4. The van der Waals surface area contributed by atoms with Crippen LogP contribution in [0, 0.1) is 0 Å². The van der Waals surface area contributed by atoms with Gasteiger partial charge in [0.1, 0.15) is 13.2 Å². The third-order valence-electron chi connectivity index (χ3n) is 12.4. The number of carbonyl (C=O) groups is 3. The first-order chi connectivity index (χ1) is 36.0. The highest BCUT2D eigenvalue weighted by molar-refractivity contribution is 5.71. The second-order valence-electron chi connectivity index (χ2n) is 19.5. The predicted molar refractivity (Wildman–Crippen MR) is 316 cm³/mol. The van der Waals surface area contributed by atoms with Crippen molar-refractivity contribution in [3.05, 3.63) is 122 Å². The highest BCUT2D eigenvalue weighted by Gasteiger charge is 2.19. The Balaban J connectivity index is 4.51. The molecule has 0 unspecified atom stereocenters. The second-order valence-corrected chi connectivity index (χ2v) is 19.5. The minimum absolute atomic E-state index is 0.105. The lowest BCUT2D eigenvalue weighted by molar-refractivity contribution is -0.167. The van der Waals surface area contributed by atoms with Crippen molar-refractivity contribution in [3.63, 3.8) is 0 Å². The van der Waals surface area contributed by atoms with Crippen molar-refractivity contribution < 1.29 is 28.6 Å². The molecule has 0 aliphatic rings. The van der Waals surface area contributed by atoms with Gasteiger partial charge in [0.2, 0.25) is 0 Å². The molecule has 0 rings (SSSR count). The zero-order valence-corrected chi connectivity index (χ0v) is 47.4. The first-order valence-corrected chi connectivity index (χ1v) is 30.0. The van der Waals surface area contributed by atoms with Gasteiger partial charge < -0.3 is 14.2 Å². The van der Waals surface area contributed by atoms with E-state index in [4.69, 9.17) is 14.2 Å². The van der Waals surface area contributed by atoms with Gasteiger partial charge in [-0.1, -0.05) is 232 Å². The average Bonchev–Trinajstić information content (AvgIpc) is 3.39. The third-order valence-corrected chi connectivity index (χ3v) is 12.4. The van der Waals surface area contributed by atoms with Crippen molar-refractivity contribution in [1.82, 2.24) is 0 Å². The molecule has 6 nitrogen and oxygen atoms in total. The zero-order chi connectivity index (χ0) is 52.9. The molecule has 73 heavy (non-hydrogen) atoms. The molecule has 414 valence electrons. The standard InChI is InChI=1S/C67H110O6/c1-4-7-10-13-16-19-22-25-28-31-33-36-39-42-45-48-51-54-57-60-66(69)72-63-64(62-71-65(68)59-56-53-50-47-44-41-38-35-30-27-24-21-18-15-12-9-6-3)73-67(70)61-58-55-52-49-46-43-40-37-34-32-29-26-23-20-17-14-11-8-5-2/h7,10,16-21,25-30,33,36,38,41-42,45,64H,4-6,8-9,11-15,22-24,31-32,34-35,37,39-40,43-44,46-63H2,1-3H3/b10-7+,19-16+,20-17+,21-18+,28-25+,29-26+,30-27+,36-33+,41-38+,45-42+/t64-/m1/s1. The molecule has 0 saturated carbocycles. The predicted octanol–water partition coefficient (Wildman–Crippen LogP) is 20.4. The highest BCUT2D eigenvalue weighted by Crippen LogP contribution is 2.14. The fourth-order valence-corrected chi connectivity index (χ4v) is 7.92. The molecule has 0 spiro atoms. The number of esters is 3. The van der Waals surface area contributed by atoms with Gasteiger partial charge in [-0.15, -0.1) is 0 Å². The van der Waals surface area contributed by atoms with Gasteiger partial charge in [-0.2, -0.15) is 0 Å². The number of hydrogen-bond acceptors (Lipinski definition) is 6. The summed E-state index contributed by atoms with van der Waals surface area (Å²) < 4.78 is 16.9. The van der Waals surface area contributed by atoms with Crippen LogP contribution in [0.5, 0.6) is 0 Å². The van der Waals surface area contributed by atoms with Crippen LogP contribution in [0.1, 0.15) is 265 Å². The molecule has 0 heterocycles. The lowest BCUT2D eigenvalue weighted by atomic mass is 10.1. The minimum Gasteiger partial charge on any atom is -0.462 e. The smallest absolute Gasteiger partial charge is 0.306 e. The summed E-state index contributed by atoms with van der Waals surface area (Å²) in [5, 5.41) is 0. The van der Waals surface area contributed by atoms with Gasteiger partial charge in [-0.3, -0.25) is 14.4 Å². The van der Waals surface area contributed by atoms with Crippen molar-refractivity contribution in [1.29, 1.82) is 0 Å². The molecule has 0 radical (unpaired) electrons. The minimum atomic E-state index is -0.808. The fourth-order valence-electron chi connectivity index (χ4n) is 7.92. The molecule has 0 aliphatic heterocycles. The number of allylic oxidation sites excluding steroid dienone is 20. The summed E-state index contributed by atoms with van der Waals surface area (Å²) >= 11 is 0. The van der Waals surface area contributed by atoms with E-state index in [2.05, 4.69) is 142 Å². The average molecular weight is 1010 g/mol. The van der Waals surface area contributed by atoms with Crippen LogP contribution < -0.4 is 0 Å². The topological polar surface area (TPSA) is 78.9 Å². The van der Waals surface area contributed by atoms with Gasteiger partial charge in [0.05, 0.1) is 0 Å². The van der Waals surface area contributed by atoms with Crippen molar-refractivity contribution in [2.24, 2.45) is 0 Å². The van der Waals surface area contributed by atoms with Crippen LogP contribution in [0.3, 0.4) is 0 Å². The summed E-state index contributed by atoms with van der Waals surface area (Å²) in [4.78, 5) is 38.3. The van der Waals surface area contributed by atoms with Crippen LogP contribution >= 0.6 is 0 Å². The molecule has 0 aromatic heterocycles. The van der Waals surface area contributed by atoms with Gasteiger partial charge in [0.15, 0.2) is 6.10 Å². The van der Waals surface area contributed by atoms with Crippen LogP contribution in [0.4, 0.5) is 0 Å². The van der Waals surface area contributed by atoms with E-state index in [0.29, 0.717) is 19.3 Å². The van der Waals surface area contributed by atoms with Crippen molar-refractivity contribution in [2.45, 2.75) is 271 Å². The Morgan fingerprint density at radius 2 is 0.534 bits per heavy atom. The van der Waals surface area contributed by atoms with Crippen LogP contribution in [0.2, 0.25) is 0 Å². The number of unbranched alkanes of at least 4 members (excludes halogenated alkanes) is 22. The van der Waals surface area contributed by atoms with Crippen molar-refractivity contribution >= 4 is 17.9 Å². The molecule has 0 aromatic rings. The summed E-state index contributed by atoms with van der Waals surface area (Å²) in [5.41, 5.74) is 0. The first kappa shape index (κ1) is 68.8. The largest absolute Gasteiger partial charge is 0.462 e. The summed E-state index contributed by atoms with van der Waals surface area (Å²) in [6, 6.07) is 0. The van der Waals surface area contributed by atoms with Crippen LogP contribution in [-0.2, 0) is 28.6 Å². The molecule has 1 atom stereocenters. The third kappa shape index (κ3) is 58.6. The van der Waals surface area contributed by atoms with Crippen LogP contribution in [0.15, 0.2) is 122 Å². The van der Waals surface area contributed by atoms with Gasteiger partial charge in [0, 0.05) is 19.3 Å². The molecule has 0 saturated heterocycles. The van der Waals surface area contributed by atoms with E-state index in [1.807, 2.05) is 0 Å². The molecule has 0 aromatic carbocycles. The van der Waals surface area contributed by atoms with Crippen molar-refractivity contribution in [3.8, 4) is 0 Å². The number of rotatable bonds is 53. The Kier molecular flexibility index (Phi) is 56.9. The SMILES string of the molecule is CC/C=C/C/C=C/C/C=C/C/C=C/C/C=C/CCCCCC(=O)OC[C@@H](COC(=O)CCCCCC/C=C/C/C=C/C/C=C/CCCCC)OC(=O)CCCCCCCCCCC/C=C/C/C=C/CCCCC. The molecule has 0 amide bonds. The fraction of sp³-hybridized carbons (Fsp3) is 0.657. The first-order valence-electron chi connectivity index (χ1n) is 30.0. The Bertz CT molecular complexity index is 1540. The molecule has 6 heteroatoms. The molecule has 0 fully saturated rings. The van der Waals surface area contributed by atoms with Crippen molar-refractivity contribution in [2.75, 3.05) is 13.2 Å². The lowest BCUT2D eigenvalue weighted by Gasteiger charge is -2.18. The Hall–Kier alpha value is -4.19. The Labute approximate surface area is 450 Å². The lowest BCUT2D eigenvalue weighted by Crippen LogP contribution is -2.30. The van der Waals surface area contributed by atoms with E-state index in [1.165, 1.54) is 96.3 Å². The molecule has 0 aliphatic carbocycles. The summed E-state index contributed by atoms with van der Waals surface area (Å²) in [7, 11) is 0. The van der Waals surface area contributed by atoms with Crippen LogP contribution in [-0.4, -0.2) is 37.2 Å². The van der Waals surface area contributed by atoms with E-state index < -0.39 is 6.10 Å². The number of ether oxygens (including phenoxy) is 3. The van der Waals surface area contributed by atoms with Gasteiger partial charge in [-0.25, -0.2) is 0 Å². The maximum absolute atomic E-state index is 12.9. The van der Waals surface area contributed by atoms with E-state index in [0.717, 1.165) is 128 Å². The van der Waals surface area contributed by atoms with E-state index >= 15 is 0 Å². The monoisotopic (exact) mass is 1010 g/mol. The quantitative estimate of drug-likeness (QED) is 0.0261. The van der Waals surface area contributed by atoms with Crippen LogP contribution in [0.25, 0.3) is 0 Å². The Morgan fingerprint density at radius 3 is 0.849 bits per heavy atom. The van der Waals surface area contributed by atoms with Gasteiger partial charge >= 0.3 is 17.9 Å². The van der Waals surface area contributed by atoms with E-state index in [1.54, 1.807) is 0 Å². The molecule has 0 bridgehead atoms. The summed E-state index contributed by atoms with van der Waals surface area (Å²) in [6.45, 7) is 6.43. The van der Waals surface area contributed by atoms with Gasteiger partial charge in [-0.05, 0) is 135 Å². The highest BCUT2D eigenvalue weighted by atomic mass is 16.6. The summed E-state index contributed by atoms with van der Waals surface area (Å²) in [5.74, 6) is -0.960. The maximum Gasteiger partial charge on any atom is 0.306 e. The normalized spacial score (nSPS) is 13.0. The van der Waals surface area contributed by atoms with E-state index in [9.17, 15) is 14.4 Å². The Morgan fingerprint density at radius 1 is 0.288 bits per heavy atom. The van der Waals surface area contributed by atoms with E-state index in [-0.39, 0.29) is 31.1 Å². The number of carbonyl (C=O) groups excluding carboxylic acids is 3. The van der Waals surface area contributed by atoms with Gasteiger partial charge in [0.25, 0.3) is 0 Å². The number of hydrogen-bond donors (Lipinski definition) is 0.